The molecule has 0 unspecified atom stereocenters. The lowest BCUT2D eigenvalue weighted by atomic mass is 9.93. The molecule has 0 atom stereocenters. The number of rotatable bonds is 5. The maximum absolute atomic E-state index is 13.2. The van der Waals surface area contributed by atoms with Crippen LogP contribution in [0.3, 0.4) is 0 Å². The van der Waals surface area contributed by atoms with Crippen LogP contribution < -0.4 is 5.32 Å². The minimum absolute atomic E-state index is 0.0729. The van der Waals surface area contributed by atoms with Gasteiger partial charge in [0.15, 0.2) is 0 Å². The van der Waals surface area contributed by atoms with Gasteiger partial charge in [-0.1, -0.05) is 17.7 Å². The largest absolute Gasteiger partial charge is 0.501 e. The van der Waals surface area contributed by atoms with E-state index in [2.05, 4.69) is 5.32 Å². The Kier molecular flexibility index (Phi) is 5.99. The Hall–Kier alpha value is -1.84. The molecule has 1 amide bonds. The molecule has 2 rings (SSSR count). The van der Waals surface area contributed by atoms with Crippen LogP contribution in [-0.2, 0) is 4.74 Å². The second-order valence-corrected chi connectivity index (χ2v) is 5.77. The second kappa shape index (κ2) is 7.97. The molecule has 1 aliphatic rings. The van der Waals surface area contributed by atoms with Gasteiger partial charge in [-0.25, -0.2) is 4.39 Å². The van der Waals surface area contributed by atoms with Crippen molar-refractivity contribution in [1.82, 2.24) is 5.32 Å². The molecule has 1 aliphatic carbocycles. The molecule has 1 saturated carbocycles. The van der Waals surface area contributed by atoms with Crippen molar-refractivity contribution in [3.05, 3.63) is 41.2 Å². The minimum Gasteiger partial charge on any atom is -0.501 e. The number of benzene rings is 1. The van der Waals surface area contributed by atoms with Crippen LogP contribution in [0.2, 0.25) is 0 Å². The number of aryl methyl sites for hydroxylation is 1. The molecule has 0 aliphatic heterocycles. The predicted octanol–water partition coefficient (Wildman–Crippen LogP) is 4.01. The van der Waals surface area contributed by atoms with Crippen LogP contribution in [0.4, 0.5) is 4.39 Å². The third-order valence-corrected chi connectivity index (χ3v) is 3.96. The van der Waals surface area contributed by atoms with Crippen LogP contribution in [-0.4, -0.2) is 24.7 Å². The number of ether oxygens (including phenoxy) is 1. The minimum atomic E-state index is -0.711. The average Bonchev–Trinajstić information content (AvgIpc) is 2.51. The first-order valence-electron chi connectivity index (χ1n) is 7.94. The fraction of sp³-hybridized carbons (Fsp3) is 0.500. The molecule has 1 aromatic carbocycles. The number of carbonyl (C=O) groups excluding carboxylic acids is 1. The van der Waals surface area contributed by atoms with Crippen molar-refractivity contribution in [3.63, 3.8) is 0 Å². The van der Waals surface area contributed by atoms with E-state index in [9.17, 15) is 9.18 Å². The van der Waals surface area contributed by atoms with Gasteiger partial charge in [0, 0.05) is 11.6 Å². The van der Waals surface area contributed by atoms with E-state index < -0.39 is 6.17 Å². The summed E-state index contributed by atoms with van der Waals surface area (Å²) in [7, 11) is 0. The Morgan fingerprint density at radius 3 is 2.77 bits per heavy atom. The zero-order valence-electron chi connectivity index (χ0n) is 13.3. The molecule has 4 heteroatoms. The molecule has 1 N–H and O–H groups in total. The summed E-state index contributed by atoms with van der Waals surface area (Å²) in [5, 5.41) is 3.03. The molecule has 0 heterocycles. The monoisotopic (exact) mass is 305 g/mol. The number of halogens is 1. The maximum Gasteiger partial charge on any atom is 0.252 e. The molecular formula is C18H24FNO2. The zero-order chi connectivity index (χ0) is 15.9. The lowest BCUT2D eigenvalue weighted by molar-refractivity contribution is 0.0916. The molecule has 0 spiro atoms. The van der Waals surface area contributed by atoms with E-state index in [-0.39, 0.29) is 11.9 Å². The van der Waals surface area contributed by atoms with E-state index in [1.54, 1.807) is 12.3 Å². The average molecular weight is 305 g/mol. The van der Waals surface area contributed by atoms with Crippen LogP contribution in [0.15, 0.2) is 24.5 Å². The summed E-state index contributed by atoms with van der Waals surface area (Å²) >= 11 is 0. The Morgan fingerprint density at radius 1 is 1.36 bits per heavy atom. The van der Waals surface area contributed by atoms with E-state index in [0.29, 0.717) is 37.9 Å². The van der Waals surface area contributed by atoms with Crippen molar-refractivity contribution in [2.45, 2.75) is 51.7 Å². The molecule has 1 aromatic rings. The number of hydrogen-bond donors (Lipinski definition) is 1. The molecule has 3 nitrogen and oxygen atoms in total. The summed E-state index contributed by atoms with van der Waals surface area (Å²) < 4.78 is 18.4. The smallest absolute Gasteiger partial charge is 0.252 e. The van der Waals surface area contributed by atoms with E-state index in [4.69, 9.17) is 4.74 Å². The van der Waals surface area contributed by atoms with Crippen LogP contribution >= 0.6 is 0 Å². The summed E-state index contributed by atoms with van der Waals surface area (Å²) in [6.07, 6.45) is 5.19. The lowest BCUT2D eigenvalue weighted by Gasteiger charge is -2.25. The molecule has 120 valence electrons. The molecule has 22 heavy (non-hydrogen) atoms. The van der Waals surface area contributed by atoms with Crippen molar-refractivity contribution < 1.29 is 13.9 Å². The van der Waals surface area contributed by atoms with E-state index in [1.807, 2.05) is 32.0 Å². The van der Waals surface area contributed by atoms with Gasteiger partial charge in [0.2, 0.25) is 0 Å². The first-order valence-corrected chi connectivity index (χ1v) is 7.94. The van der Waals surface area contributed by atoms with Gasteiger partial charge in [-0.3, -0.25) is 4.79 Å². The number of alkyl halides is 1. The standard InChI is InChI=1S/C18H24FNO2/c1-3-22-11-10-14-5-4-13(2)12-17(14)18(21)20-16-8-6-15(19)7-9-16/h4-5,10-12,15-16H,3,6-9H2,1-2H3,(H,20,21)/b11-10+. The van der Waals surface area contributed by atoms with E-state index in [1.165, 1.54) is 0 Å². The van der Waals surface area contributed by atoms with Gasteiger partial charge in [0.1, 0.15) is 6.17 Å². The number of amides is 1. The first kappa shape index (κ1) is 16.5. The molecule has 1 fully saturated rings. The van der Waals surface area contributed by atoms with Gasteiger partial charge >= 0.3 is 0 Å². The lowest BCUT2D eigenvalue weighted by Crippen LogP contribution is -2.38. The molecule has 0 bridgehead atoms. The van der Waals surface area contributed by atoms with Crippen molar-refractivity contribution in [1.29, 1.82) is 0 Å². The fourth-order valence-electron chi connectivity index (χ4n) is 2.69. The van der Waals surface area contributed by atoms with Crippen molar-refractivity contribution in [2.24, 2.45) is 0 Å². The Balaban J connectivity index is 2.08. The van der Waals surface area contributed by atoms with E-state index >= 15 is 0 Å². The van der Waals surface area contributed by atoms with Gasteiger partial charge in [0.05, 0.1) is 12.9 Å². The van der Waals surface area contributed by atoms with E-state index in [0.717, 1.165) is 11.1 Å². The van der Waals surface area contributed by atoms with Crippen molar-refractivity contribution >= 4 is 12.0 Å². The number of hydrogen-bond acceptors (Lipinski definition) is 2. The Morgan fingerprint density at radius 2 is 2.09 bits per heavy atom. The fourth-order valence-corrected chi connectivity index (χ4v) is 2.69. The summed E-state index contributed by atoms with van der Waals surface area (Å²) in [5.74, 6) is -0.0952. The molecule has 0 radical (unpaired) electrons. The normalized spacial score (nSPS) is 21.8. The Bertz CT molecular complexity index is 534. The molecular weight excluding hydrogens is 281 g/mol. The zero-order valence-corrected chi connectivity index (χ0v) is 13.3. The second-order valence-electron chi connectivity index (χ2n) is 5.77. The van der Waals surface area contributed by atoms with Crippen LogP contribution in [0, 0.1) is 6.92 Å². The van der Waals surface area contributed by atoms with Crippen LogP contribution in [0.1, 0.15) is 54.1 Å². The van der Waals surface area contributed by atoms with Gasteiger partial charge in [-0.05, 0) is 57.2 Å². The molecule has 0 saturated heterocycles. The van der Waals surface area contributed by atoms with Gasteiger partial charge in [-0.2, -0.15) is 0 Å². The third kappa shape index (κ3) is 4.58. The Labute approximate surface area is 131 Å². The molecule has 0 aromatic heterocycles. The van der Waals surface area contributed by atoms with Gasteiger partial charge < -0.3 is 10.1 Å². The quantitative estimate of drug-likeness (QED) is 0.835. The van der Waals surface area contributed by atoms with Crippen LogP contribution in [0.25, 0.3) is 6.08 Å². The summed E-state index contributed by atoms with van der Waals surface area (Å²) in [6, 6.07) is 5.83. The number of carbonyl (C=O) groups is 1. The SMILES string of the molecule is CCO/C=C/c1ccc(C)cc1C(=O)NC1CCC(F)CC1. The summed E-state index contributed by atoms with van der Waals surface area (Å²) in [4.78, 5) is 12.5. The highest BCUT2D eigenvalue weighted by Crippen LogP contribution is 2.22. The highest BCUT2D eigenvalue weighted by molar-refractivity contribution is 5.98. The maximum atomic E-state index is 13.2. The highest BCUT2D eigenvalue weighted by atomic mass is 19.1. The van der Waals surface area contributed by atoms with Crippen molar-refractivity contribution in [3.8, 4) is 0 Å². The highest BCUT2D eigenvalue weighted by Gasteiger charge is 2.22. The topological polar surface area (TPSA) is 38.3 Å². The third-order valence-electron chi connectivity index (χ3n) is 3.96. The summed E-state index contributed by atoms with van der Waals surface area (Å²) in [5.41, 5.74) is 2.50. The number of nitrogens with one attached hydrogen (secondary N) is 1. The van der Waals surface area contributed by atoms with Gasteiger partial charge in [-0.15, -0.1) is 0 Å². The van der Waals surface area contributed by atoms with Crippen molar-refractivity contribution in [2.75, 3.05) is 6.61 Å². The predicted molar refractivity (Wildman–Crippen MR) is 86.5 cm³/mol. The van der Waals surface area contributed by atoms with Crippen LogP contribution in [0.5, 0.6) is 0 Å². The first-order chi connectivity index (χ1) is 10.6. The van der Waals surface area contributed by atoms with Gasteiger partial charge in [0.25, 0.3) is 5.91 Å². The summed E-state index contributed by atoms with van der Waals surface area (Å²) in [6.45, 7) is 4.46.